The first-order chi connectivity index (χ1) is 27.5. The second kappa shape index (κ2) is 17.5. The lowest BCUT2D eigenvalue weighted by atomic mass is 9.94. The summed E-state index contributed by atoms with van der Waals surface area (Å²) in [5.74, 6) is -2.56. The molecule has 0 unspecified atom stereocenters. The fourth-order valence-electron chi connectivity index (χ4n) is 7.28. The molecule has 2 amide bonds. The summed E-state index contributed by atoms with van der Waals surface area (Å²) in [4.78, 5) is 68.5. The van der Waals surface area contributed by atoms with Crippen LogP contribution in [0.1, 0.15) is 77.0 Å². The van der Waals surface area contributed by atoms with Gasteiger partial charge in [-0.2, -0.15) is 0 Å². The van der Waals surface area contributed by atoms with Crippen LogP contribution < -0.4 is 0 Å². The van der Waals surface area contributed by atoms with E-state index in [-0.39, 0.29) is 60.5 Å². The highest BCUT2D eigenvalue weighted by Crippen LogP contribution is 2.45. The number of rotatable bonds is 14. The standard InChI is InChI=1S/C45H53NO11Si/c1-27(47)22-23-37(48)55-40-38(46-41(49)28(2)29(3)42(46)50)43(57-58(7,8)45(4,5)6)54-36(26-52-24-30-16-10-9-11-17-30)39(40)56-44(51)53-25-35-33-20-14-12-18-31(33)32-19-13-15-21-34(32)35/h9-21,35-36,38-40,43H,22-26H2,1-8H3/t36-,38-,39-,40-,43+/m1/s1. The Kier molecular flexibility index (Phi) is 12.9. The van der Waals surface area contributed by atoms with Crippen molar-refractivity contribution in [2.75, 3.05) is 13.2 Å². The van der Waals surface area contributed by atoms with Gasteiger partial charge in [-0.05, 0) is 66.7 Å². The molecule has 2 heterocycles. The van der Waals surface area contributed by atoms with E-state index in [1.54, 1.807) is 13.8 Å². The summed E-state index contributed by atoms with van der Waals surface area (Å²) in [6.45, 7) is 14.5. The fourth-order valence-corrected chi connectivity index (χ4v) is 8.40. The average molecular weight is 812 g/mol. The van der Waals surface area contributed by atoms with Crippen LogP contribution in [0, 0.1) is 0 Å². The van der Waals surface area contributed by atoms with E-state index < -0.39 is 62.9 Å². The monoisotopic (exact) mass is 811 g/mol. The molecule has 0 spiro atoms. The molecule has 1 fully saturated rings. The van der Waals surface area contributed by atoms with E-state index in [4.69, 9.17) is 28.1 Å². The van der Waals surface area contributed by atoms with Crippen LogP contribution >= 0.6 is 0 Å². The van der Waals surface area contributed by atoms with Gasteiger partial charge in [-0.25, -0.2) is 4.79 Å². The number of hydrogen-bond donors (Lipinski definition) is 0. The van der Waals surface area contributed by atoms with Gasteiger partial charge in [0.2, 0.25) is 0 Å². The Hall–Kier alpha value is -4.95. The number of Topliss-reactive ketones (excluding diaryl/α,β-unsaturated/α-hetero) is 1. The zero-order chi connectivity index (χ0) is 41.9. The average Bonchev–Trinajstić information content (AvgIpc) is 3.60. The molecule has 12 nitrogen and oxygen atoms in total. The summed E-state index contributed by atoms with van der Waals surface area (Å²) in [6.07, 6.45) is -6.92. The Morgan fingerprint density at radius 1 is 0.759 bits per heavy atom. The molecule has 13 heteroatoms. The first-order valence-electron chi connectivity index (χ1n) is 19.7. The molecule has 58 heavy (non-hydrogen) atoms. The van der Waals surface area contributed by atoms with Gasteiger partial charge in [-0.15, -0.1) is 0 Å². The molecular weight excluding hydrogens is 759 g/mol. The van der Waals surface area contributed by atoms with Gasteiger partial charge < -0.3 is 32.9 Å². The molecule has 1 aliphatic carbocycles. The summed E-state index contributed by atoms with van der Waals surface area (Å²) in [6, 6.07) is 23.9. The molecule has 3 aromatic carbocycles. The van der Waals surface area contributed by atoms with E-state index in [1.807, 2.05) is 113 Å². The quantitative estimate of drug-likeness (QED) is 0.0900. The lowest BCUT2D eigenvalue weighted by molar-refractivity contribution is -0.271. The van der Waals surface area contributed by atoms with Gasteiger partial charge in [0.15, 0.2) is 26.8 Å². The molecule has 0 bridgehead atoms. The number of ketones is 1. The zero-order valence-corrected chi connectivity index (χ0v) is 35.4. The van der Waals surface area contributed by atoms with Crippen molar-refractivity contribution in [3.8, 4) is 11.1 Å². The normalized spacial score (nSPS) is 22.1. The van der Waals surface area contributed by atoms with Crippen LogP contribution in [0.4, 0.5) is 4.79 Å². The lowest BCUT2D eigenvalue weighted by Crippen LogP contribution is -2.69. The molecular formula is C45H53NO11Si. The van der Waals surface area contributed by atoms with Crippen molar-refractivity contribution in [1.82, 2.24) is 4.90 Å². The Morgan fingerprint density at radius 2 is 1.33 bits per heavy atom. The highest BCUT2D eigenvalue weighted by Gasteiger charge is 2.58. The van der Waals surface area contributed by atoms with Gasteiger partial charge in [-0.1, -0.05) is 99.6 Å². The van der Waals surface area contributed by atoms with Crippen LogP contribution in [0.5, 0.6) is 0 Å². The molecule has 5 atom stereocenters. The topological polar surface area (TPSA) is 144 Å². The highest BCUT2D eigenvalue weighted by molar-refractivity contribution is 6.74. The van der Waals surface area contributed by atoms with Gasteiger partial charge in [0.1, 0.15) is 24.5 Å². The number of carbonyl (C=O) groups is 5. The van der Waals surface area contributed by atoms with Gasteiger partial charge in [0, 0.05) is 23.5 Å². The second-order valence-electron chi connectivity index (χ2n) is 16.7. The summed E-state index contributed by atoms with van der Waals surface area (Å²) >= 11 is 0. The molecule has 308 valence electrons. The molecule has 1 saturated heterocycles. The Balaban J connectivity index is 1.37. The maximum atomic E-state index is 14.0. The third-order valence-electron chi connectivity index (χ3n) is 11.7. The zero-order valence-electron chi connectivity index (χ0n) is 34.4. The number of imide groups is 1. The van der Waals surface area contributed by atoms with E-state index in [9.17, 15) is 24.0 Å². The minimum Gasteiger partial charge on any atom is -0.456 e. The summed E-state index contributed by atoms with van der Waals surface area (Å²) in [5, 5.41) is -0.356. The largest absolute Gasteiger partial charge is 0.508 e. The summed E-state index contributed by atoms with van der Waals surface area (Å²) in [7, 11) is -2.76. The first kappa shape index (κ1) is 42.6. The van der Waals surface area contributed by atoms with E-state index in [0.717, 1.165) is 32.7 Å². The lowest BCUT2D eigenvalue weighted by Gasteiger charge is -2.50. The van der Waals surface area contributed by atoms with Crippen LogP contribution in [0.2, 0.25) is 18.1 Å². The Labute approximate surface area is 340 Å². The number of nitrogens with zero attached hydrogens (tertiary/aromatic N) is 1. The third-order valence-corrected chi connectivity index (χ3v) is 16.1. The number of ether oxygens (including phenoxy) is 5. The van der Waals surface area contributed by atoms with Crippen LogP contribution in [0.25, 0.3) is 11.1 Å². The SMILES string of the molecule is CC(=O)CCC(=O)O[C@H]1[C@H](OC(=O)OCC2c3ccccc3-c3ccccc32)[C@@H](COCc2ccccc2)O[C@@H](O[Si](C)(C)C(C)(C)C)[C@@H]1N1C(=O)C(C)=C(C)C1=O. The van der Waals surface area contributed by atoms with Crippen molar-refractivity contribution in [3.05, 3.63) is 107 Å². The highest BCUT2D eigenvalue weighted by atomic mass is 28.4. The minimum absolute atomic E-state index is 0.0649. The second-order valence-corrected chi connectivity index (χ2v) is 21.4. The molecule has 3 aromatic rings. The van der Waals surface area contributed by atoms with Crippen LogP contribution in [0.15, 0.2) is 90.0 Å². The Bertz CT molecular complexity index is 2000. The van der Waals surface area contributed by atoms with Crippen molar-refractivity contribution >= 4 is 38.0 Å². The molecule has 2 aliphatic heterocycles. The van der Waals surface area contributed by atoms with E-state index in [1.165, 1.54) is 6.92 Å². The number of fused-ring (bicyclic) bond motifs is 3. The van der Waals surface area contributed by atoms with Crippen molar-refractivity contribution in [1.29, 1.82) is 0 Å². The van der Waals surface area contributed by atoms with Crippen molar-refractivity contribution in [2.45, 2.75) is 116 Å². The van der Waals surface area contributed by atoms with Gasteiger partial charge in [-0.3, -0.25) is 19.3 Å². The van der Waals surface area contributed by atoms with E-state index >= 15 is 0 Å². The van der Waals surface area contributed by atoms with Gasteiger partial charge >= 0.3 is 12.1 Å². The third kappa shape index (κ3) is 9.02. The predicted molar refractivity (Wildman–Crippen MR) is 217 cm³/mol. The van der Waals surface area contributed by atoms with E-state index in [2.05, 4.69) is 0 Å². The van der Waals surface area contributed by atoms with Crippen molar-refractivity contribution in [2.24, 2.45) is 0 Å². The maximum absolute atomic E-state index is 14.0. The Morgan fingerprint density at radius 3 is 1.90 bits per heavy atom. The number of amides is 2. The minimum atomic E-state index is -2.76. The van der Waals surface area contributed by atoms with Gasteiger partial charge in [0.05, 0.1) is 19.6 Å². The molecule has 0 N–H and O–H groups in total. The fraction of sp³-hybridized carbons (Fsp3) is 0.444. The molecule has 6 rings (SSSR count). The van der Waals surface area contributed by atoms with Crippen LogP contribution in [-0.2, 0) is 53.9 Å². The maximum Gasteiger partial charge on any atom is 0.508 e. The number of esters is 1. The van der Waals surface area contributed by atoms with Crippen LogP contribution in [-0.4, -0.2) is 86.8 Å². The molecule has 0 radical (unpaired) electrons. The van der Waals surface area contributed by atoms with Crippen LogP contribution in [0.3, 0.4) is 0 Å². The summed E-state index contributed by atoms with van der Waals surface area (Å²) in [5.41, 5.74) is 5.37. The van der Waals surface area contributed by atoms with Gasteiger partial charge in [0.25, 0.3) is 11.8 Å². The number of carbonyl (C=O) groups excluding carboxylic acids is 5. The van der Waals surface area contributed by atoms with E-state index in [0.29, 0.717) is 0 Å². The molecule has 3 aliphatic rings. The van der Waals surface area contributed by atoms with Crippen molar-refractivity contribution in [3.63, 3.8) is 0 Å². The van der Waals surface area contributed by atoms with Crippen molar-refractivity contribution < 1.29 is 52.1 Å². The first-order valence-corrected chi connectivity index (χ1v) is 22.6. The molecule has 0 saturated carbocycles. The number of hydrogen-bond acceptors (Lipinski definition) is 11. The predicted octanol–water partition coefficient (Wildman–Crippen LogP) is 7.64. The molecule has 0 aromatic heterocycles. The summed E-state index contributed by atoms with van der Waals surface area (Å²) < 4.78 is 37.8. The smallest absolute Gasteiger partial charge is 0.456 e. The number of benzene rings is 3.